The number of para-hydroxylation sites is 2. The van der Waals surface area contributed by atoms with Crippen molar-refractivity contribution in [1.29, 1.82) is 0 Å². The summed E-state index contributed by atoms with van der Waals surface area (Å²) in [6.45, 7) is 4.05. The maximum absolute atomic E-state index is 13.0. The quantitative estimate of drug-likeness (QED) is 0.818. The van der Waals surface area contributed by atoms with Crippen molar-refractivity contribution < 1.29 is 19.1 Å². The molecule has 6 nitrogen and oxygen atoms in total. The van der Waals surface area contributed by atoms with E-state index in [9.17, 15) is 9.59 Å². The Hall–Kier alpha value is -2.08. The molecule has 2 atom stereocenters. The average molecular weight is 344 g/mol. The van der Waals surface area contributed by atoms with Gasteiger partial charge in [0, 0.05) is 25.1 Å². The second kappa shape index (κ2) is 6.67. The van der Waals surface area contributed by atoms with E-state index in [1.165, 1.54) is 0 Å². The first-order valence-corrected chi connectivity index (χ1v) is 9.08. The zero-order chi connectivity index (χ0) is 17.4. The molecule has 0 spiro atoms. The Morgan fingerprint density at radius 3 is 2.80 bits per heavy atom. The molecule has 1 aliphatic carbocycles. The van der Waals surface area contributed by atoms with E-state index in [2.05, 4.69) is 0 Å². The van der Waals surface area contributed by atoms with Gasteiger partial charge < -0.3 is 14.4 Å². The Morgan fingerprint density at radius 1 is 1.28 bits per heavy atom. The molecule has 1 saturated heterocycles. The highest BCUT2D eigenvalue weighted by Gasteiger charge is 2.38. The van der Waals surface area contributed by atoms with Crippen LogP contribution in [0.25, 0.3) is 0 Å². The van der Waals surface area contributed by atoms with E-state index < -0.39 is 6.10 Å². The maximum Gasteiger partial charge on any atom is 0.268 e. The lowest BCUT2D eigenvalue weighted by Gasteiger charge is -2.34. The fourth-order valence-electron chi connectivity index (χ4n) is 3.59. The maximum atomic E-state index is 13.0. The highest BCUT2D eigenvalue weighted by atomic mass is 16.5. The molecule has 3 aliphatic rings. The number of fused-ring (bicyclic) bond motifs is 1. The van der Waals surface area contributed by atoms with Gasteiger partial charge in [-0.15, -0.1) is 0 Å². The molecule has 2 amide bonds. The topological polar surface area (TPSA) is 59.1 Å². The molecule has 1 saturated carbocycles. The summed E-state index contributed by atoms with van der Waals surface area (Å²) < 4.78 is 11.1. The molecule has 0 aromatic heterocycles. The lowest BCUT2D eigenvalue weighted by Crippen LogP contribution is -2.50. The predicted octanol–water partition coefficient (Wildman–Crippen LogP) is 1.83. The molecular formula is C19H24N2O4. The highest BCUT2D eigenvalue weighted by Crippen LogP contribution is 2.34. The van der Waals surface area contributed by atoms with Crippen LogP contribution in [0.3, 0.4) is 0 Å². The summed E-state index contributed by atoms with van der Waals surface area (Å²) in [6.07, 6.45) is 2.56. The lowest BCUT2D eigenvalue weighted by atomic mass is 10.1. The van der Waals surface area contributed by atoms with Crippen LogP contribution in [0.15, 0.2) is 24.3 Å². The Balaban J connectivity index is 1.51. The van der Waals surface area contributed by atoms with Gasteiger partial charge in [0.05, 0.1) is 12.3 Å². The van der Waals surface area contributed by atoms with Crippen molar-refractivity contribution in [2.24, 2.45) is 5.92 Å². The van der Waals surface area contributed by atoms with Gasteiger partial charge in [0.1, 0.15) is 12.3 Å². The normalized spacial score (nSPS) is 25.5. The van der Waals surface area contributed by atoms with E-state index in [0.29, 0.717) is 23.4 Å². The largest absolute Gasteiger partial charge is 0.479 e. The van der Waals surface area contributed by atoms with E-state index in [1.807, 2.05) is 29.2 Å². The second-order valence-corrected chi connectivity index (χ2v) is 7.16. The van der Waals surface area contributed by atoms with Gasteiger partial charge in [-0.3, -0.25) is 14.5 Å². The van der Waals surface area contributed by atoms with Crippen LogP contribution in [0.1, 0.15) is 26.2 Å². The Bertz CT molecular complexity index is 667. The van der Waals surface area contributed by atoms with Gasteiger partial charge in [-0.25, -0.2) is 0 Å². The number of carbonyl (C=O) groups excluding carboxylic acids is 2. The number of hydrogen-bond donors (Lipinski definition) is 0. The van der Waals surface area contributed by atoms with Crippen molar-refractivity contribution in [3.63, 3.8) is 0 Å². The first-order valence-electron chi connectivity index (χ1n) is 9.08. The van der Waals surface area contributed by atoms with Gasteiger partial charge >= 0.3 is 0 Å². The molecule has 1 aromatic rings. The fourth-order valence-corrected chi connectivity index (χ4v) is 3.59. The van der Waals surface area contributed by atoms with Crippen molar-refractivity contribution >= 4 is 17.5 Å². The van der Waals surface area contributed by atoms with Gasteiger partial charge in [0.2, 0.25) is 5.91 Å². The third-order valence-electron chi connectivity index (χ3n) is 5.15. The third-order valence-corrected chi connectivity index (χ3v) is 5.15. The van der Waals surface area contributed by atoms with Crippen LogP contribution >= 0.6 is 0 Å². The van der Waals surface area contributed by atoms with Gasteiger partial charge in [-0.2, -0.15) is 0 Å². The van der Waals surface area contributed by atoms with Gasteiger partial charge in [0.25, 0.3) is 5.91 Å². The van der Waals surface area contributed by atoms with E-state index in [4.69, 9.17) is 9.47 Å². The summed E-state index contributed by atoms with van der Waals surface area (Å²) in [4.78, 5) is 29.1. The second-order valence-electron chi connectivity index (χ2n) is 7.16. The van der Waals surface area contributed by atoms with Gasteiger partial charge in [0.15, 0.2) is 6.10 Å². The van der Waals surface area contributed by atoms with E-state index >= 15 is 0 Å². The lowest BCUT2D eigenvalue weighted by molar-refractivity contribution is -0.134. The summed E-state index contributed by atoms with van der Waals surface area (Å²) in [5.41, 5.74) is 0.680. The number of amides is 2. The number of anilines is 1. The van der Waals surface area contributed by atoms with Crippen LogP contribution in [0, 0.1) is 5.92 Å². The molecule has 134 valence electrons. The molecule has 0 bridgehead atoms. The third kappa shape index (κ3) is 3.35. The number of benzene rings is 1. The predicted molar refractivity (Wildman–Crippen MR) is 92.5 cm³/mol. The van der Waals surface area contributed by atoms with Gasteiger partial charge in [-0.1, -0.05) is 12.1 Å². The van der Waals surface area contributed by atoms with E-state index in [1.54, 1.807) is 11.8 Å². The molecule has 1 aromatic carbocycles. The molecule has 2 aliphatic heterocycles. The number of nitrogens with zero attached hydrogens (tertiary/aromatic N) is 2. The average Bonchev–Trinajstić information content (AvgIpc) is 3.32. The Morgan fingerprint density at radius 2 is 2.08 bits per heavy atom. The number of carbonyl (C=O) groups is 2. The van der Waals surface area contributed by atoms with E-state index in [0.717, 1.165) is 39.0 Å². The fraction of sp³-hybridized carbons (Fsp3) is 0.579. The van der Waals surface area contributed by atoms with Gasteiger partial charge in [-0.05, 0) is 38.3 Å². The van der Waals surface area contributed by atoms with Crippen LogP contribution in [0.2, 0.25) is 0 Å². The molecule has 2 heterocycles. The molecule has 0 unspecified atom stereocenters. The van der Waals surface area contributed by atoms with Crippen LogP contribution in [0.5, 0.6) is 5.75 Å². The minimum absolute atomic E-state index is 0.0200. The van der Waals surface area contributed by atoms with Crippen LogP contribution in [0.4, 0.5) is 5.69 Å². The monoisotopic (exact) mass is 344 g/mol. The summed E-state index contributed by atoms with van der Waals surface area (Å²) in [5, 5.41) is 0. The highest BCUT2D eigenvalue weighted by molar-refractivity contribution is 6.03. The minimum Gasteiger partial charge on any atom is -0.479 e. The SMILES string of the molecule is C[C@H]1Oc2ccccc2N(CC(=O)N(C[C@H]2CCOC2)C2CC2)C1=O. The number of ether oxygens (including phenoxy) is 2. The van der Waals surface area contributed by atoms with Crippen molar-refractivity contribution in [2.75, 3.05) is 31.2 Å². The summed E-state index contributed by atoms with van der Waals surface area (Å²) >= 11 is 0. The van der Waals surface area contributed by atoms with Crippen molar-refractivity contribution in [3.8, 4) is 5.75 Å². The van der Waals surface area contributed by atoms with Crippen LogP contribution < -0.4 is 9.64 Å². The molecule has 0 N–H and O–H groups in total. The molecule has 6 heteroatoms. The molecule has 25 heavy (non-hydrogen) atoms. The van der Waals surface area contributed by atoms with Crippen molar-refractivity contribution in [1.82, 2.24) is 4.90 Å². The van der Waals surface area contributed by atoms with E-state index in [-0.39, 0.29) is 18.4 Å². The van der Waals surface area contributed by atoms with Crippen LogP contribution in [-0.4, -0.2) is 55.2 Å². The zero-order valence-corrected chi connectivity index (χ0v) is 14.5. The molecule has 4 rings (SSSR count). The Labute approximate surface area is 147 Å². The summed E-state index contributed by atoms with van der Waals surface area (Å²) in [6, 6.07) is 7.73. The molecular weight excluding hydrogens is 320 g/mol. The van der Waals surface area contributed by atoms with Crippen LogP contribution in [-0.2, 0) is 14.3 Å². The molecule has 2 fully saturated rings. The van der Waals surface area contributed by atoms with Crippen molar-refractivity contribution in [3.05, 3.63) is 24.3 Å². The summed E-state index contributed by atoms with van der Waals surface area (Å²) in [7, 11) is 0. The first kappa shape index (κ1) is 16.4. The standard InChI is InChI=1S/C19H24N2O4/c1-13-19(23)21(16-4-2-3-5-17(16)25-13)11-18(22)20(15-6-7-15)10-14-8-9-24-12-14/h2-5,13-15H,6-12H2,1H3/t13-,14-/m1/s1. The van der Waals surface area contributed by atoms with Crippen molar-refractivity contribution in [2.45, 2.75) is 38.3 Å². The zero-order valence-electron chi connectivity index (χ0n) is 14.5. The number of hydrogen-bond acceptors (Lipinski definition) is 4. The smallest absolute Gasteiger partial charge is 0.268 e. The minimum atomic E-state index is -0.569. The first-order chi connectivity index (χ1) is 12.1. The molecule has 0 radical (unpaired) electrons. The summed E-state index contributed by atoms with van der Waals surface area (Å²) in [5.74, 6) is 0.930. The number of rotatable bonds is 5. The Kier molecular flexibility index (Phi) is 4.37.